The minimum atomic E-state index is -3.87. The summed E-state index contributed by atoms with van der Waals surface area (Å²) in [5.41, 5.74) is 0.823. The van der Waals surface area contributed by atoms with Crippen LogP contribution in [0.2, 0.25) is 0 Å². The second-order valence-corrected chi connectivity index (χ2v) is 9.30. The molecule has 0 aliphatic carbocycles. The van der Waals surface area contributed by atoms with Gasteiger partial charge in [0.1, 0.15) is 24.2 Å². The van der Waals surface area contributed by atoms with E-state index in [2.05, 4.69) is 5.32 Å². The monoisotopic (exact) mass is 479 g/mol. The van der Waals surface area contributed by atoms with Crippen LogP contribution in [0, 0.1) is 5.82 Å². The first-order chi connectivity index (χ1) is 15.6. The molecular formula is C23H30FN3O5S. The average Bonchev–Trinajstić information content (AvgIpc) is 2.76. The minimum absolute atomic E-state index is 0.00211. The van der Waals surface area contributed by atoms with Gasteiger partial charge in [0.25, 0.3) is 0 Å². The summed E-state index contributed by atoms with van der Waals surface area (Å²) in [6.45, 7) is 5.24. The van der Waals surface area contributed by atoms with Crippen LogP contribution in [0.15, 0.2) is 48.5 Å². The van der Waals surface area contributed by atoms with Crippen LogP contribution < -0.4 is 14.4 Å². The molecule has 0 saturated heterocycles. The number of halogens is 1. The van der Waals surface area contributed by atoms with Gasteiger partial charge in [0.15, 0.2) is 0 Å². The van der Waals surface area contributed by atoms with Crippen LogP contribution in [0.3, 0.4) is 0 Å². The lowest BCUT2D eigenvalue weighted by Gasteiger charge is -2.31. The fraction of sp³-hybridized carbons (Fsp3) is 0.391. The van der Waals surface area contributed by atoms with Crippen LogP contribution in [0.4, 0.5) is 10.1 Å². The highest BCUT2D eigenvalue weighted by Crippen LogP contribution is 2.30. The maximum absolute atomic E-state index is 13.4. The topological polar surface area (TPSA) is 96.0 Å². The summed E-state index contributed by atoms with van der Waals surface area (Å²) in [5, 5.41) is 2.67. The van der Waals surface area contributed by atoms with Crippen molar-refractivity contribution in [2.24, 2.45) is 0 Å². The highest BCUT2D eigenvalue weighted by atomic mass is 32.2. The third kappa shape index (κ3) is 7.18. The van der Waals surface area contributed by atoms with E-state index in [-0.39, 0.29) is 18.1 Å². The van der Waals surface area contributed by atoms with Crippen molar-refractivity contribution in [1.29, 1.82) is 0 Å². The van der Waals surface area contributed by atoms with Crippen molar-refractivity contribution in [3.8, 4) is 5.75 Å². The molecular weight excluding hydrogens is 449 g/mol. The first-order valence-electron chi connectivity index (χ1n) is 10.6. The van der Waals surface area contributed by atoms with E-state index in [0.717, 1.165) is 10.6 Å². The van der Waals surface area contributed by atoms with E-state index in [1.807, 2.05) is 0 Å². The molecule has 0 bridgehead atoms. The molecule has 33 heavy (non-hydrogen) atoms. The molecule has 1 N–H and O–H groups in total. The number of carbonyl (C=O) groups is 2. The van der Waals surface area contributed by atoms with Crippen molar-refractivity contribution < 1.29 is 27.1 Å². The molecule has 2 aromatic rings. The SMILES string of the molecule is CCNC(=O)C(C)N(Cc1ccc(F)cc1)C(=O)CN(c1ccccc1OCC)S(C)(=O)=O. The number of hydrogen-bond donors (Lipinski definition) is 1. The van der Waals surface area contributed by atoms with Crippen LogP contribution in [-0.4, -0.2) is 57.1 Å². The van der Waals surface area contributed by atoms with Crippen LogP contribution in [-0.2, 0) is 26.2 Å². The third-order valence-electron chi connectivity index (χ3n) is 4.90. The van der Waals surface area contributed by atoms with Crippen LogP contribution in [0.5, 0.6) is 5.75 Å². The molecule has 1 unspecified atom stereocenters. The second kappa shape index (κ2) is 11.6. The van der Waals surface area contributed by atoms with E-state index < -0.39 is 34.3 Å². The van der Waals surface area contributed by atoms with Crippen molar-refractivity contribution in [2.45, 2.75) is 33.4 Å². The molecule has 0 aliphatic heterocycles. The van der Waals surface area contributed by atoms with Gasteiger partial charge in [-0.15, -0.1) is 0 Å². The number of nitrogens with zero attached hydrogens (tertiary/aromatic N) is 2. The van der Waals surface area contributed by atoms with Gasteiger partial charge in [0, 0.05) is 13.1 Å². The Kier molecular flexibility index (Phi) is 9.22. The highest BCUT2D eigenvalue weighted by molar-refractivity contribution is 7.92. The first kappa shape index (κ1) is 26.1. The summed E-state index contributed by atoms with van der Waals surface area (Å²) in [6.07, 6.45) is 1.00. The van der Waals surface area contributed by atoms with Gasteiger partial charge in [-0.05, 0) is 50.6 Å². The largest absolute Gasteiger partial charge is 0.492 e. The summed E-state index contributed by atoms with van der Waals surface area (Å²) in [4.78, 5) is 27.2. The summed E-state index contributed by atoms with van der Waals surface area (Å²) < 4.78 is 45.1. The number of anilines is 1. The minimum Gasteiger partial charge on any atom is -0.492 e. The van der Waals surface area contributed by atoms with Crippen LogP contribution in [0.1, 0.15) is 26.3 Å². The Labute approximate surface area is 194 Å². The smallest absolute Gasteiger partial charge is 0.244 e. The maximum atomic E-state index is 13.4. The Hall–Kier alpha value is -3.14. The molecule has 0 heterocycles. The molecule has 2 rings (SSSR count). The van der Waals surface area contributed by atoms with Crippen molar-refractivity contribution in [2.75, 3.05) is 30.3 Å². The molecule has 0 aliphatic rings. The van der Waals surface area contributed by atoms with E-state index in [9.17, 15) is 22.4 Å². The van der Waals surface area contributed by atoms with Gasteiger partial charge < -0.3 is 15.0 Å². The number of likely N-dealkylation sites (N-methyl/N-ethyl adjacent to an activating group) is 1. The third-order valence-corrected chi connectivity index (χ3v) is 6.02. The number of amides is 2. The summed E-state index contributed by atoms with van der Waals surface area (Å²) in [5.74, 6) is -1.08. The lowest BCUT2D eigenvalue weighted by Crippen LogP contribution is -2.51. The zero-order chi connectivity index (χ0) is 24.6. The van der Waals surface area contributed by atoms with E-state index >= 15 is 0 Å². The maximum Gasteiger partial charge on any atom is 0.244 e. The van der Waals surface area contributed by atoms with E-state index in [1.54, 1.807) is 45.0 Å². The molecule has 2 aromatic carbocycles. The van der Waals surface area contributed by atoms with Gasteiger partial charge >= 0.3 is 0 Å². The summed E-state index contributed by atoms with van der Waals surface area (Å²) in [6, 6.07) is 11.2. The zero-order valence-corrected chi connectivity index (χ0v) is 20.1. The normalized spacial score (nSPS) is 12.0. The van der Waals surface area contributed by atoms with Gasteiger partial charge in [-0.2, -0.15) is 0 Å². The summed E-state index contributed by atoms with van der Waals surface area (Å²) >= 11 is 0. The number of ether oxygens (including phenoxy) is 1. The van der Waals surface area contributed by atoms with Crippen LogP contribution in [0.25, 0.3) is 0 Å². The van der Waals surface area contributed by atoms with Crippen molar-refractivity contribution in [3.63, 3.8) is 0 Å². The Morgan fingerprint density at radius 3 is 2.30 bits per heavy atom. The van der Waals surface area contributed by atoms with E-state index in [0.29, 0.717) is 24.5 Å². The molecule has 0 radical (unpaired) electrons. The first-order valence-corrected chi connectivity index (χ1v) is 12.4. The number of para-hydroxylation sites is 2. The summed E-state index contributed by atoms with van der Waals surface area (Å²) in [7, 11) is -3.87. The lowest BCUT2D eigenvalue weighted by molar-refractivity contribution is -0.139. The Morgan fingerprint density at radius 2 is 1.73 bits per heavy atom. The van der Waals surface area contributed by atoms with E-state index in [1.165, 1.54) is 29.2 Å². The van der Waals surface area contributed by atoms with Gasteiger partial charge in [-0.1, -0.05) is 24.3 Å². The number of benzene rings is 2. The number of carbonyl (C=O) groups excluding carboxylic acids is 2. The fourth-order valence-corrected chi connectivity index (χ4v) is 4.08. The predicted molar refractivity (Wildman–Crippen MR) is 125 cm³/mol. The predicted octanol–water partition coefficient (Wildman–Crippen LogP) is 2.54. The number of rotatable bonds is 11. The molecule has 0 fully saturated rings. The molecule has 2 amide bonds. The molecule has 0 aromatic heterocycles. The van der Waals surface area contributed by atoms with Gasteiger partial charge in [0.05, 0.1) is 18.6 Å². The van der Waals surface area contributed by atoms with Crippen molar-refractivity contribution in [1.82, 2.24) is 10.2 Å². The van der Waals surface area contributed by atoms with E-state index in [4.69, 9.17) is 4.74 Å². The highest BCUT2D eigenvalue weighted by Gasteiger charge is 2.31. The van der Waals surface area contributed by atoms with Crippen molar-refractivity contribution in [3.05, 3.63) is 59.9 Å². The standard InChI is InChI=1S/C23H30FN3O5S/c1-5-25-23(29)17(3)26(15-18-11-13-19(24)14-12-18)22(28)16-27(33(4,30)31)20-9-7-8-10-21(20)32-6-2/h7-14,17H,5-6,15-16H2,1-4H3,(H,25,29). The Balaban J connectivity index is 2.41. The average molecular weight is 480 g/mol. The van der Waals surface area contributed by atoms with Crippen molar-refractivity contribution >= 4 is 27.5 Å². The molecule has 0 saturated carbocycles. The zero-order valence-electron chi connectivity index (χ0n) is 19.2. The molecule has 180 valence electrons. The number of nitrogens with one attached hydrogen (secondary N) is 1. The number of sulfonamides is 1. The van der Waals surface area contributed by atoms with Gasteiger partial charge in [-0.25, -0.2) is 12.8 Å². The molecule has 10 heteroatoms. The lowest BCUT2D eigenvalue weighted by atomic mass is 10.1. The Bertz CT molecular complexity index is 1060. The van der Waals surface area contributed by atoms with Crippen LogP contribution >= 0.6 is 0 Å². The molecule has 1 atom stereocenters. The Morgan fingerprint density at radius 1 is 1.09 bits per heavy atom. The van der Waals surface area contributed by atoms with Gasteiger partial charge in [-0.3, -0.25) is 13.9 Å². The molecule has 0 spiro atoms. The second-order valence-electron chi connectivity index (χ2n) is 7.39. The molecule has 8 nitrogen and oxygen atoms in total. The fourth-order valence-electron chi connectivity index (χ4n) is 3.23. The quantitative estimate of drug-likeness (QED) is 0.534. The number of hydrogen-bond acceptors (Lipinski definition) is 5. The van der Waals surface area contributed by atoms with Gasteiger partial charge in [0.2, 0.25) is 21.8 Å².